The lowest BCUT2D eigenvalue weighted by atomic mass is 9.97. The van der Waals surface area contributed by atoms with Crippen molar-refractivity contribution < 1.29 is 14.3 Å². The molecule has 1 saturated heterocycles. The first-order chi connectivity index (χ1) is 13.0. The summed E-state index contributed by atoms with van der Waals surface area (Å²) in [6.45, 7) is 4.56. The van der Waals surface area contributed by atoms with E-state index in [0.717, 1.165) is 56.9 Å². The third-order valence-corrected chi connectivity index (χ3v) is 4.94. The molecule has 1 aliphatic rings. The van der Waals surface area contributed by atoms with Gasteiger partial charge < -0.3 is 25.2 Å². The Hall–Kier alpha value is -2.12. The number of likely N-dealkylation sites (tertiary alicyclic amines) is 1. The zero-order chi connectivity index (χ0) is 19.6. The Bertz CT molecular complexity index is 606. The van der Waals surface area contributed by atoms with Crippen molar-refractivity contribution in [2.75, 3.05) is 59.3 Å². The van der Waals surface area contributed by atoms with Crippen LogP contribution in [0.3, 0.4) is 0 Å². The van der Waals surface area contributed by atoms with E-state index in [2.05, 4.69) is 15.5 Å². The Morgan fingerprint density at radius 3 is 2.70 bits per heavy atom. The molecule has 1 aromatic rings. The van der Waals surface area contributed by atoms with E-state index in [0.29, 0.717) is 12.3 Å². The maximum Gasteiger partial charge on any atom is 0.321 e. The van der Waals surface area contributed by atoms with E-state index in [1.807, 2.05) is 31.3 Å². The van der Waals surface area contributed by atoms with Crippen LogP contribution in [0.2, 0.25) is 0 Å². The van der Waals surface area contributed by atoms with Crippen molar-refractivity contribution in [2.24, 2.45) is 5.92 Å². The van der Waals surface area contributed by atoms with Gasteiger partial charge in [-0.05, 0) is 43.0 Å². The lowest BCUT2D eigenvalue weighted by molar-refractivity contribution is -0.119. The van der Waals surface area contributed by atoms with Crippen molar-refractivity contribution in [3.63, 3.8) is 0 Å². The molecule has 1 atom stereocenters. The maximum atomic E-state index is 12.5. The van der Waals surface area contributed by atoms with Gasteiger partial charge in [0, 0.05) is 46.5 Å². The van der Waals surface area contributed by atoms with Gasteiger partial charge in [-0.1, -0.05) is 12.1 Å². The Balaban J connectivity index is 1.80. The van der Waals surface area contributed by atoms with Gasteiger partial charge in [0.15, 0.2) is 0 Å². The third kappa shape index (κ3) is 7.19. The molecule has 0 aromatic heterocycles. The number of rotatable bonds is 8. The summed E-state index contributed by atoms with van der Waals surface area (Å²) in [6, 6.07) is 7.27. The van der Waals surface area contributed by atoms with E-state index < -0.39 is 0 Å². The van der Waals surface area contributed by atoms with E-state index >= 15 is 0 Å². The van der Waals surface area contributed by atoms with E-state index in [9.17, 15) is 9.59 Å². The van der Waals surface area contributed by atoms with Gasteiger partial charge in [0.2, 0.25) is 5.91 Å². The Morgan fingerprint density at radius 2 is 2.04 bits per heavy atom. The number of urea groups is 1. The minimum Gasteiger partial charge on any atom is -0.383 e. The summed E-state index contributed by atoms with van der Waals surface area (Å²) in [5.74, 6) is 0.458. The van der Waals surface area contributed by atoms with Gasteiger partial charge in [0.25, 0.3) is 0 Å². The molecule has 0 saturated carbocycles. The number of carbonyl (C=O) groups is 2. The predicted octanol–water partition coefficient (Wildman–Crippen LogP) is 1.80. The number of hydrogen-bond donors (Lipinski definition) is 2. The summed E-state index contributed by atoms with van der Waals surface area (Å²) in [6.07, 6.45) is 2.65. The van der Waals surface area contributed by atoms with E-state index in [1.54, 1.807) is 19.1 Å². The van der Waals surface area contributed by atoms with Crippen LogP contribution in [0.4, 0.5) is 10.5 Å². The number of likely N-dealkylation sites (N-methyl/N-ethyl adjacent to an activating group) is 1. The molecule has 0 aliphatic carbocycles. The van der Waals surface area contributed by atoms with Gasteiger partial charge in [0.05, 0.1) is 13.0 Å². The van der Waals surface area contributed by atoms with Crippen molar-refractivity contribution in [1.82, 2.24) is 15.1 Å². The second-order valence-corrected chi connectivity index (χ2v) is 7.16. The number of nitrogens with zero attached hydrogens (tertiary/aromatic N) is 2. The van der Waals surface area contributed by atoms with Crippen LogP contribution in [0.15, 0.2) is 24.3 Å². The molecule has 7 heteroatoms. The van der Waals surface area contributed by atoms with Gasteiger partial charge in [0.1, 0.15) is 0 Å². The number of piperidine rings is 1. The third-order valence-electron chi connectivity index (χ3n) is 4.94. The second kappa shape index (κ2) is 10.9. The largest absolute Gasteiger partial charge is 0.383 e. The first-order valence-electron chi connectivity index (χ1n) is 9.54. The summed E-state index contributed by atoms with van der Waals surface area (Å²) in [5.41, 5.74) is 1.65. The standard InChI is InChI=1S/C20H32N4O3/c1-21-19(25)13-16-6-8-18(9-7-16)22-20(26)23(2)14-17-5-4-10-24(15-17)11-12-27-3/h6-9,17H,4-5,10-15H2,1-3H3,(H,21,25)(H,22,26). The van der Waals surface area contributed by atoms with Crippen LogP contribution in [0.5, 0.6) is 0 Å². The van der Waals surface area contributed by atoms with E-state index in [4.69, 9.17) is 4.74 Å². The fraction of sp³-hybridized carbons (Fsp3) is 0.600. The number of methoxy groups -OCH3 is 1. The number of ether oxygens (including phenoxy) is 1. The van der Waals surface area contributed by atoms with Crippen molar-refractivity contribution >= 4 is 17.6 Å². The van der Waals surface area contributed by atoms with Crippen LogP contribution < -0.4 is 10.6 Å². The molecule has 1 heterocycles. The SMILES string of the molecule is CNC(=O)Cc1ccc(NC(=O)N(C)CC2CCCN(CCOC)C2)cc1. The lowest BCUT2D eigenvalue weighted by Gasteiger charge is -2.34. The van der Waals surface area contributed by atoms with Crippen LogP contribution in [-0.2, 0) is 16.0 Å². The monoisotopic (exact) mass is 376 g/mol. The summed E-state index contributed by atoms with van der Waals surface area (Å²) in [4.78, 5) is 28.0. The summed E-state index contributed by atoms with van der Waals surface area (Å²) >= 11 is 0. The molecule has 1 unspecified atom stereocenters. The lowest BCUT2D eigenvalue weighted by Crippen LogP contribution is -2.43. The Kier molecular flexibility index (Phi) is 8.54. The maximum absolute atomic E-state index is 12.5. The van der Waals surface area contributed by atoms with Gasteiger partial charge >= 0.3 is 6.03 Å². The highest BCUT2D eigenvalue weighted by atomic mass is 16.5. The number of hydrogen-bond acceptors (Lipinski definition) is 4. The molecule has 0 bridgehead atoms. The number of carbonyl (C=O) groups excluding carboxylic acids is 2. The zero-order valence-electron chi connectivity index (χ0n) is 16.7. The summed E-state index contributed by atoms with van der Waals surface area (Å²) < 4.78 is 5.16. The normalized spacial score (nSPS) is 17.4. The topological polar surface area (TPSA) is 73.9 Å². The molecule has 7 nitrogen and oxygen atoms in total. The fourth-order valence-corrected chi connectivity index (χ4v) is 3.39. The van der Waals surface area contributed by atoms with Crippen LogP contribution in [-0.4, -0.2) is 75.7 Å². The quantitative estimate of drug-likeness (QED) is 0.726. The molecule has 0 radical (unpaired) electrons. The summed E-state index contributed by atoms with van der Waals surface area (Å²) in [7, 11) is 5.18. The van der Waals surface area contributed by atoms with Crippen LogP contribution in [0, 0.1) is 5.92 Å². The molecule has 0 spiro atoms. The molecule has 3 amide bonds. The number of amides is 3. The predicted molar refractivity (Wildman–Crippen MR) is 107 cm³/mol. The number of nitrogens with one attached hydrogen (secondary N) is 2. The van der Waals surface area contributed by atoms with E-state index in [1.165, 1.54) is 0 Å². The molecule has 150 valence electrons. The van der Waals surface area contributed by atoms with Crippen molar-refractivity contribution in [3.8, 4) is 0 Å². The second-order valence-electron chi connectivity index (χ2n) is 7.16. The highest BCUT2D eigenvalue weighted by Gasteiger charge is 2.22. The highest BCUT2D eigenvalue weighted by Crippen LogP contribution is 2.18. The van der Waals surface area contributed by atoms with E-state index in [-0.39, 0.29) is 11.9 Å². The smallest absolute Gasteiger partial charge is 0.321 e. The molecule has 2 rings (SSSR count). The minimum atomic E-state index is -0.108. The van der Waals surface area contributed by atoms with Crippen molar-refractivity contribution in [1.29, 1.82) is 0 Å². The Labute approximate surface area is 162 Å². The first kappa shape index (κ1) is 21.2. The van der Waals surface area contributed by atoms with Crippen molar-refractivity contribution in [3.05, 3.63) is 29.8 Å². The molecule has 1 aromatic carbocycles. The number of anilines is 1. The van der Waals surface area contributed by atoms with Crippen LogP contribution >= 0.6 is 0 Å². The molecular formula is C20H32N4O3. The Morgan fingerprint density at radius 1 is 1.30 bits per heavy atom. The van der Waals surface area contributed by atoms with Gasteiger partial charge in [-0.15, -0.1) is 0 Å². The van der Waals surface area contributed by atoms with Gasteiger partial charge in [-0.2, -0.15) is 0 Å². The molecule has 1 fully saturated rings. The molecule has 1 aliphatic heterocycles. The average molecular weight is 377 g/mol. The molecular weight excluding hydrogens is 344 g/mol. The molecule has 27 heavy (non-hydrogen) atoms. The van der Waals surface area contributed by atoms with Crippen LogP contribution in [0.25, 0.3) is 0 Å². The first-order valence-corrected chi connectivity index (χ1v) is 9.54. The number of benzene rings is 1. The molecule has 2 N–H and O–H groups in total. The minimum absolute atomic E-state index is 0.0291. The zero-order valence-corrected chi connectivity index (χ0v) is 16.7. The van der Waals surface area contributed by atoms with Gasteiger partial charge in [-0.3, -0.25) is 4.79 Å². The van der Waals surface area contributed by atoms with Crippen molar-refractivity contribution in [2.45, 2.75) is 19.3 Å². The van der Waals surface area contributed by atoms with Crippen LogP contribution in [0.1, 0.15) is 18.4 Å². The fourth-order valence-electron chi connectivity index (χ4n) is 3.39. The highest BCUT2D eigenvalue weighted by molar-refractivity contribution is 5.89. The summed E-state index contributed by atoms with van der Waals surface area (Å²) in [5, 5.41) is 5.53. The average Bonchev–Trinajstić information content (AvgIpc) is 2.68. The van der Waals surface area contributed by atoms with Gasteiger partial charge in [-0.25, -0.2) is 4.79 Å².